The minimum atomic E-state index is 0.0330. The summed E-state index contributed by atoms with van der Waals surface area (Å²) in [5, 5.41) is 4.57. The Balaban J connectivity index is 1.38. The van der Waals surface area contributed by atoms with Gasteiger partial charge in [-0.1, -0.05) is 0 Å². The molecular weight excluding hydrogens is 362 g/mol. The molecule has 5 heteroatoms. The van der Waals surface area contributed by atoms with Crippen molar-refractivity contribution in [1.29, 1.82) is 0 Å². The number of ketones is 1. The van der Waals surface area contributed by atoms with E-state index in [1.54, 1.807) is 7.11 Å². The minimum absolute atomic E-state index is 0.0330. The predicted octanol–water partition coefficient (Wildman–Crippen LogP) is 3.65. The number of nitrogens with one attached hydrogen (secondary N) is 1. The molecule has 0 spiro atoms. The summed E-state index contributed by atoms with van der Waals surface area (Å²) in [5.74, 6) is 1.12. The van der Waals surface area contributed by atoms with Gasteiger partial charge < -0.3 is 14.6 Å². The fourth-order valence-corrected chi connectivity index (χ4v) is 4.88. The van der Waals surface area contributed by atoms with Gasteiger partial charge in [-0.05, 0) is 80.9 Å². The van der Waals surface area contributed by atoms with E-state index in [4.69, 9.17) is 4.74 Å². The quantitative estimate of drug-likeness (QED) is 0.677. The number of ether oxygens (including phenoxy) is 1. The Hall–Kier alpha value is -2.63. The summed E-state index contributed by atoms with van der Waals surface area (Å²) in [6.07, 6.45) is 5.30. The molecule has 2 aliphatic heterocycles. The maximum absolute atomic E-state index is 13.2. The fourth-order valence-electron chi connectivity index (χ4n) is 4.88. The molecule has 5 rings (SSSR count). The van der Waals surface area contributed by atoms with Crippen LogP contribution in [0.15, 0.2) is 54.7 Å². The van der Waals surface area contributed by atoms with E-state index in [1.165, 1.54) is 0 Å². The highest BCUT2D eigenvalue weighted by Crippen LogP contribution is 2.28. The molecule has 0 bridgehead atoms. The molecule has 0 saturated carbocycles. The number of nitrogens with zero attached hydrogens (tertiary/aromatic N) is 2. The molecule has 2 unspecified atom stereocenters. The number of rotatable bonds is 5. The molecule has 3 heterocycles. The van der Waals surface area contributed by atoms with Crippen molar-refractivity contribution in [3.63, 3.8) is 0 Å². The maximum atomic E-state index is 13.2. The number of Topliss-reactive ketones (excluding diaryl/α,β-unsaturated/α-hetero) is 1. The molecule has 1 N–H and O–H groups in total. The Morgan fingerprint density at radius 2 is 1.97 bits per heavy atom. The minimum Gasteiger partial charge on any atom is -0.497 e. The van der Waals surface area contributed by atoms with Crippen molar-refractivity contribution in [2.24, 2.45) is 0 Å². The van der Waals surface area contributed by atoms with Gasteiger partial charge >= 0.3 is 0 Å². The zero-order chi connectivity index (χ0) is 19.8. The first kappa shape index (κ1) is 18.4. The third-order valence-electron chi connectivity index (χ3n) is 6.43. The summed E-state index contributed by atoms with van der Waals surface area (Å²) in [6.45, 7) is 3.11. The Labute approximate surface area is 171 Å². The van der Waals surface area contributed by atoms with Gasteiger partial charge in [-0.2, -0.15) is 0 Å². The first-order valence-corrected chi connectivity index (χ1v) is 10.5. The van der Waals surface area contributed by atoms with Gasteiger partial charge in [-0.3, -0.25) is 9.69 Å². The summed E-state index contributed by atoms with van der Waals surface area (Å²) in [6, 6.07) is 16.8. The normalized spacial score (nSPS) is 22.4. The van der Waals surface area contributed by atoms with Gasteiger partial charge in [0.05, 0.1) is 18.7 Å². The average molecular weight is 389 g/mol. The number of methoxy groups -OCH3 is 1. The van der Waals surface area contributed by atoms with Gasteiger partial charge in [0.1, 0.15) is 5.75 Å². The number of hydrogen-bond acceptors (Lipinski definition) is 4. The molecule has 0 radical (unpaired) electrons. The molecule has 150 valence electrons. The highest BCUT2D eigenvalue weighted by Gasteiger charge is 2.36. The molecule has 2 saturated heterocycles. The van der Waals surface area contributed by atoms with Crippen LogP contribution >= 0.6 is 0 Å². The largest absolute Gasteiger partial charge is 0.497 e. The zero-order valence-corrected chi connectivity index (χ0v) is 16.8. The Bertz CT molecular complexity index is 1020. The van der Waals surface area contributed by atoms with E-state index in [1.807, 2.05) is 36.4 Å². The van der Waals surface area contributed by atoms with Gasteiger partial charge in [0.25, 0.3) is 0 Å². The molecule has 0 aliphatic carbocycles. The molecule has 2 atom stereocenters. The first-order valence-electron chi connectivity index (χ1n) is 10.5. The summed E-state index contributed by atoms with van der Waals surface area (Å²) in [4.78, 5) is 15.6. The lowest BCUT2D eigenvalue weighted by atomic mass is 10.0. The van der Waals surface area contributed by atoms with Crippen molar-refractivity contribution < 1.29 is 9.53 Å². The second-order valence-corrected chi connectivity index (χ2v) is 8.06. The molecule has 1 aromatic heterocycles. The summed E-state index contributed by atoms with van der Waals surface area (Å²) in [5.41, 5.74) is 3.00. The van der Waals surface area contributed by atoms with Crippen molar-refractivity contribution in [1.82, 2.24) is 14.8 Å². The number of fused-ring (bicyclic) bond motifs is 1. The van der Waals surface area contributed by atoms with Crippen molar-refractivity contribution >= 4 is 16.7 Å². The molecule has 2 aliphatic rings. The predicted molar refractivity (Wildman–Crippen MR) is 115 cm³/mol. The lowest BCUT2D eigenvalue weighted by Gasteiger charge is -2.29. The van der Waals surface area contributed by atoms with Gasteiger partial charge in [-0.15, -0.1) is 0 Å². The SMILES string of the molecule is COc1ccc2c(ccn2-c2ccc(C(=O)C3CCCN3C3CCNC3)cc2)c1. The van der Waals surface area contributed by atoms with Crippen LogP contribution in [0, 0.1) is 0 Å². The van der Waals surface area contributed by atoms with Crippen LogP contribution in [-0.2, 0) is 0 Å². The number of aromatic nitrogens is 1. The van der Waals surface area contributed by atoms with E-state index in [-0.39, 0.29) is 11.8 Å². The standard InChI is InChI=1S/C24H27N3O2/c1-29-21-8-9-22-18(15-21)11-14-27(22)19-6-4-17(5-7-19)24(28)23-3-2-13-26(23)20-10-12-25-16-20/h4-9,11,14-15,20,23,25H,2-3,10,12-13,16H2,1H3. The fraction of sp³-hybridized carbons (Fsp3) is 0.375. The van der Waals surface area contributed by atoms with Crippen LogP contribution in [0.5, 0.6) is 5.75 Å². The third kappa shape index (κ3) is 3.34. The van der Waals surface area contributed by atoms with E-state index in [2.05, 4.69) is 33.1 Å². The van der Waals surface area contributed by atoms with Crippen LogP contribution < -0.4 is 10.1 Å². The Kier molecular flexibility index (Phi) is 4.86. The Morgan fingerprint density at radius 3 is 2.72 bits per heavy atom. The molecular formula is C24H27N3O2. The van der Waals surface area contributed by atoms with Gasteiger partial charge in [0, 0.05) is 35.4 Å². The third-order valence-corrected chi connectivity index (χ3v) is 6.43. The monoisotopic (exact) mass is 389 g/mol. The summed E-state index contributed by atoms with van der Waals surface area (Å²) >= 11 is 0. The van der Waals surface area contributed by atoms with E-state index in [0.29, 0.717) is 6.04 Å². The Morgan fingerprint density at radius 1 is 1.10 bits per heavy atom. The smallest absolute Gasteiger partial charge is 0.179 e. The number of hydrogen-bond donors (Lipinski definition) is 1. The van der Waals surface area contributed by atoms with E-state index in [9.17, 15) is 4.79 Å². The lowest BCUT2D eigenvalue weighted by molar-refractivity contribution is 0.0826. The second-order valence-electron chi connectivity index (χ2n) is 8.06. The van der Waals surface area contributed by atoms with Crippen LogP contribution in [0.1, 0.15) is 29.6 Å². The van der Waals surface area contributed by atoms with Gasteiger partial charge in [-0.25, -0.2) is 0 Å². The van der Waals surface area contributed by atoms with Gasteiger partial charge in [0.15, 0.2) is 5.78 Å². The molecule has 5 nitrogen and oxygen atoms in total. The van der Waals surface area contributed by atoms with Crippen molar-refractivity contribution in [3.8, 4) is 11.4 Å². The van der Waals surface area contributed by atoms with Gasteiger partial charge in [0.2, 0.25) is 0 Å². The molecule has 0 amide bonds. The summed E-state index contributed by atoms with van der Waals surface area (Å²) in [7, 11) is 1.68. The molecule has 2 fully saturated rings. The van der Waals surface area contributed by atoms with Crippen LogP contribution in [0.4, 0.5) is 0 Å². The number of benzene rings is 2. The van der Waals surface area contributed by atoms with Crippen molar-refractivity contribution in [2.45, 2.75) is 31.3 Å². The molecule has 2 aromatic carbocycles. The van der Waals surface area contributed by atoms with Crippen LogP contribution in [0.25, 0.3) is 16.6 Å². The van der Waals surface area contributed by atoms with E-state index < -0.39 is 0 Å². The maximum Gasteiger partial charge on any atom is 0.179 e. The number of carbonyl (C=O) groups excluding carboxylic acids is 1. The topological polar surface area (TPSA) is 46.5 Å². The molecule has 29 heavy (non-hydrogen) atoms. The molecule has 3 aromatic rings. The van der Waals surface area contributed by atoms with E-state index in [0.717, 1.165) is 66.8 Å². The summed E-state index contributed by atoms with van der Waals surface area (Å²) < 4.78 is 7.47. The number of likely N-dealkylation sites (tertiary alicyclic amines) is 1. The van der Waals surface area contributed by atoms with Crippen molar-refractivity contribution in [2.75, 3.05) is 26.7 Å². The van der Waals surface area contributed by atoms with Crippen molar-refractivity contribution in [3.05, 3.63) is 60.3 Å². The van der Waals surface area contributed by atoms with Crippen LogP contribution in [-0.4, -0.2) is 54.1 Å². The second kappa shape index (κ2) is 7.65. The van der Waals surface area contributed by atoms with Crippen LogP contribution in [0.2, 0.25) is 0 Å². The highest BCUT2D eigenvalue weighted by atomic mass is 16.5. The lowest BCUT2D eigenvalue weighted by Crippen LogP contribution is -2.44. The number of carbonyl (C=O) groups is 1. The first-order chi connectivity index (χ1) is 14.2. The van der Waals surface area contributed by atoms with E-state index >= 15 is 0 Å². The van der Waals surface area contributed by atoms with Crippen LogP contribution in [0.3, 0.4) is 0 Å². The highest BCUT2D eigenvalue weighted by molar-refractivity contribution is 6.00. The zero-order valence-electron chi connectivity index (χ0n) is 16.8. The average Bonchev–Trinajstić information content (AvgIpc) is 3.52.